The monoisotopic (exact) mass is 346 g/mol. The van der Waals surface area contributed by atoms with E-state index in [-0.39, 0.29) is 35.5 Å². The van der Waals surface area contributed by atoms with E-state index in [0.29, 0.717) is 19.0 Å². The lowest BCUT2D eigenvalue weighted by Gasteiger charge is -2.18. The van der Waals surface area contributed by atoms with Gasteiger partial charge >= 0.3 is 0 Å². The van der Waals surface area contributed by atoms with Crippen molar-refractivity contribution < 1.29 is 9.59 Å². The van der Waals surface area contributed by atoms with Gasteiger partial charge < -0.3 is 10.6 Å². The number of nitrogens with zero attached hydrogens (tertiary/aromatic N) is 2. The molecule has 25 heavy (non-hydrogen) atoms. The van der Waals surface area contributed by atoms with Crippen LogP contribution in [-0.4, -0.2) is 48.9 Å². The van der Waals surface area contributed by atoms with Crippen LogP contribution in [0, 0.1) is 29.6 Å². The van der Waals surface area contributed by atoms with Crippen LogP contribution in [0.3, 0.4) is 0 Å². The molecule has 1 heterocycles. The van der Waals surface area contributed by atoms with Crippen molar-refractivity contribution in [1.29, 1.82) is 0 Å². The van der Waals surface area contributed by atoms with Crippen molar-refractivity contribution in [2.24, 2.45) is 34.6 Å². The molecule has 1 saturated heterocycles. The zero-order valence-corrected chi connectivity index (χ0v) is 15.5. The lowest BCUT2D eigenvalue weighted by atomic mass is 9.85. The molecule has 2 N–H and O–H groups in total. The third kappa shape index (κ3) is 3.58. The fourth-order valence-corrected chi connectivity index (χ4v) is 4.24. The first-order valence-corrected chi connectivity index (χ1v) is 9.58. The van der Waals surface area contributed by atoms with Gasteiger partial charge in [-0.2, -0.15) is 0 Å². The Hall–Kier alpha value is -1.85. The molecule has 4 unspecified atom stereocenters. The number of carbonyl (C=O) groups is 2. The molecule has 0 aromatic rings. The fourth-order valence-electron chi connectivity index (χ4n) is 4.24. The van der Waals surface area contributed by atoms with E-state index in [4.69, 9.17) is 0 Å². The number of imide groups is 1. The van der Waals surface area contributed by atoms with E-state index >= 15 is 0 Å². The van der Waals surface area contributed by atoms with E-state index in [1.54, 1.807) is 0 Å². The molecule has 0 radical (unpaired) electrons. The molecule has 3 rings (SSSR count). The molecule has 1 aliphatic heterocycles. The van der Waals surface area contributed by atoms with E-state index in [1.165, 1.54) is 4.90 Å². The van der Waals surface area contributed by atoms with Crippen LogP contribution in [0.5, 0.6) is 0 Å². The average Bonchev–Trinajstić information content (AvgIpc) is 3.25. The van der Waals surface area contributed by atoms with Gasteiger partial charge in [0, 0.05) is 26.2 Å². The van der Waals surface area contributed by atoms with Crippen molar-refractivity contribution in [3.05, 3.63) is 12.2 Å². The van der Waals surface area contributed by atoms with Gasteiger partial charge in [-0.3, -0.25) is 19.5 Å². The van der Waals surface area contributed by atoms with Gasteiger partial charge in [-0.15, -0.1) is 0 Å². The topological polar surface area (TPSA) is 73.8 Å². The zero-order chi connectivity index (χ0) is 18.0. The zero-order valence-electron chi connectivity index (χ0n) is 15.5. The third-order valence-electron chi connectivity index (χ3n) is 5.37. The molecule has 6 nitrogen and oxygen atoms in total. The number of fused-ring (bicyclic) bond motifs is 5. The standard InChI is InChI=1S/C19H30N4O2/c1-4-20-19(22-11-12(2)3)21-8-5-9-23-17(24)15-13-6-7-14(10-13)16(15)18(23)25/h6-7,12-16H,4-5,8-11H2,1-3H3,(H2,20,21,22). The Balaban J connectivity index is 1.47. The summed E-state index contributed by atoms with van der Waals surface area (Å²) in [5, 5.41) is 6.51. The van der Waals surface area contributed by atoms with Crippen molar-refractivity contribution in [3.63, 3.8) is 0 Å². The maximum Gasteiger partial charge on any atom is 0.233 e. The second kappa shape index (κ2) is 7.58. The molecule has 0 aromatic carbocycles. The van der Waals surface area contributed by atoms with Crippen LogP contribution in [-0.2, 0) is 9.59 Å². The summed E-state index contributed by atoms with van der Waals surface area (Å²) in [7, 11) is 0. The Kier molecular flexibility index (Phi) is 5.45. The van der Waals surface area contributed by atoms with Gasteiger partial charge in [0.2, 0.25) is 11.8 Å². The Bertz CT molecular complexity index is 554. The third-order valence-corrected chi connectivity index (χ3v) is 5.37. The molecule has 0 spiro atoms. The van der Waals surface area contributed by atoms with Gasteiger partial charge in [-0.05, 0) is 37.5 Å². The quantitative estimate of drug-likeness (QED) is 0.240. The summed E-state index contributed by atoms with van der Waals surface area (Å²) in [5.41, 5.74) is 0. The predicted octanol–water partition coefficient (Wildman–Crippen LogP) is 1.39. The number of rotatable bonds is 7. The van der Waals surface area contributed by atoms with Gasteiger partial charge in [0.05, 0.1) is 11.8 Å². The van der Waals surface area contributed by atoms with Gasteiger partial charge in [0.15, 0.2) is 5.96 Å². The first kappa shape index (κ1) is 18.0. The molecule has 6 heteroatoms. The first-order valence-electron chi connectivity index (χ1n) is 9.58. The number of amides is 2. The highest BCUT2D eigenvalue weighted by molar-refractivity contribution is 6.06. The number of hydrogen-bond donors (Lipinski definition) is 2. The van der Waals surface area contributed by atoms with Crippen molar-refractivity contribution in [3.8, 4) is 0 Å². The molecule has 2 fully saturated rings. The Morgan fingerprint density at radius 1 is 1.20 bits per heavy atom. The Morgan fingerprint density at radius 2 is 1.84 bits per heavy atom. The number of allylic oxidation sites excluding steroid dienone is 2. The smallest absolute Gasteiger partial charge is 0.233 e. The number of nitrogens with one attached hydrogen (secondary N) is 2. The summed E-state index contributed by atoms with van der Waals surface area (Å²) in [6, 6.07) is 0. The van der Waals surface area contributed by atoms with E-state index < -0.39 is 0 Å². The molecule has 2 amide bonds. The van der Waals surface area contributed by atoms with Crippen LogP contribution in [0.15, 0.2) is 17.1 Å². The fraction of sp³-hybridized carbons (Fsp3) is 0.737. The lowest BCUT2D eigenvalue weighted by Crippen LogP contribution is -2.40. The van der Waals surface area contributed by atoms with Gasteiger partial charge in [-0.25, -0.2) is 0 Å². The number of hydrogen-bond acceptors (Lipinski definition) is 3. The summed E-state index contributed by atoms with van der Waals surface area (Å²) >= 11 is 0. The Labute approximate surface area is 150 Å². The molecular formula is C19H30N4O2. The molecule has 4 atom stereocenters. The highest BCUT2D eigenvalue weighted by atomic mass is 16.2. The first-order chi connectivity index (χ1) is 12.0. The average molecular weight is 346 g/mol. The van der Waals surface area contributed by atoms with E-state index in [2.05, 4.69) is 41.6 Å². The van der Waals surface area contributed by atoms with Gasteiger partial charge in [0.1, 0.15) is 0 Å². The normalized spacial score (nSPS) is 30.6. The van der Waals surface area contributed by atoms with E-state index in [1.807, 2.05) is 6.92 Å². The van der Waals surface area contributed by atoms with Crippen LogP contribution in [0.2, 0.25) is 0 Å². The number of carbonyl (C=O) groups excluding carboxylic acids is 2. The second-order valence-corrected chi connectivity index (χ2v) is 7.72. The molecular weight excluding hydrogens is 316 g/mol. The molecule has 1 saturated carbocycles. The number of aliphatic imine (C=N–C) groups is 1. The largest absolute Gasteiger partial charge is 0.357 e. The number of likely N-dealkylation sites (tertiary alicyclic amines) is 1. The SMILES string of the molecule is CCNC(=NCC(C)C)NCCCN1C(=O)C2C3C=CC(C3)C2C1=O. The van der Waals surface area contributed by atoms with Crippen LogP contribution in [0.1, 0.15) is 33.6 Å². The summed E-state index contributed by atoms with van der Waals surface area (Å²) in [5.74, 6) is 1.82. The molecule has 0 aromatic heterocycles. The lowest BCUT2D eigenvalue weighted by molar-refractivity contribution is -0.140. The maximum atomic E-state index is 12.6. The van der Waals surface area contributed by atoms with Crippen molar-refractivity contribution in [2.45, 2.75) is 33.6 Å². The maximum absolute atomic E-state index is 12.6. The van der Waals surface area contributed by atoms with E-state index in [0.717, 1.165) is 31.9 Å². The Morgan fingerprint density at radius 3 is 2.40 bits per heavy atom. The minimum Gasteiger partial charge on any atom is -0.357 e. The van der Waals surface area contributed by atoms with Crippen LogP contribution < -0.4 is 10.6 Å². The molecule has 2 bridgehead atoms. The molecule has 138 valence electrons. The number of guanidine groups is 1. The van der Waals surface area contributed by atoms with E-state index in [9.17, 15) is 9.59 Å². The van der Waals surface area contributed by atoms with Crippen molar-refractivity contribution in [1.82, 2.24) is 15.5 Å². The molecule has 3 aliphatic rings. The summed E-state index contributed by atoms with van der Waals surface area (Å²) in [6.07, 6.45) is 6.00. The summed E-state index contributed by atoms with van der Waals surface area (Å²) < 4.78 is 0. The summed E-state index contributed by atoms with van der Waals surface area (Å²) in [6.45, 7) is 9.09. The van der Waals surface area contributed by atoms with Crippen LogP contribution in [0.4, 0.5) is 0 Å². The summed E-state index contributed by atoms with van der Waals surface area (Å²) in [4.78, 5) is 31.2. The van der Waals surface area contributed by atoms with Crippen LogP contribution >= 0.6 is 0 Å². The predicted molar refractivity (Wildman–Crippen MR) is 97.9 cm³/mol. The minimum absolute atomic E-state index is 0.0484. The van der Waals surface area contributed by atoms with Crippen molar-refractivity contribution in [2.75, 3.05) is 26.2 Å². The second-order valence-electron chi connectivity index (χ2n) is 7.72. The van der Waals surface area contributed by atoms with Gasteiger partial charge in [0.25, 0.3) is 0 Å². The minimum atomic E-state index is -0.0830. The van der Waals surface area contributed by atoms with Crippen molar-refractivity contribution >= 4 is 17.8 Å². The van der Waals surface area contributed by atoms with Crippen LogP contribution in [0.25, 0.3) is 0 Å². The highest BCUT2D eigenvalue weighted by Gasteiger charge is 2.58. The highest BCUT2D eigenvalue weighted by Crippen LogP contribution is 2.52. The van der Waals surface area contributed by atoms with Gasteiger partial charge in [-0.1, -0.05) is 26.0 Å². The molecule has 2 aliphatic carbocycles.